The van der Waals surface area contributed by atoms with E-state index in [0.717, 1.165) is 43.5 Å². The second-order valence-corrected chi connectivity index (χ2v) is 4.59. The molecule has 0 aromatic heterocycles. The van der Waals surface area contributed by atoms with E-state index in [9.17, 15) is 4.79 Å². The molecule has 0 fully saturated rings. The van der Waals surface area contributed by atoms with Crippen LogP contribution in [-0.4, -0.2) is 19.6 Å². The predicted molar refractivity (Wildman–Crippen MR) is 77.9 cm³/mol. The van der Waals surface area contributed by atoms with Gasteiger partial charge in [0.15, 0.2) is 0 Å². The molecular weight excluding hydrogens is 240 g/mol. The zero-order valence-electron chi connectivity index (χ0n) is 11.7. The third-order valence-electron chi connectivity index (χ3n) is 2.95. The Balaban J connectivity index is 2.35. The molecule has 1 amide bonds. The van der Waals surface area contributed by atoms with Crippen molar-refractivity contribution in [3.63, 3.8) is 0 Å². The third kappa shape index (κ3) is 6.36. The number of rotatable bonds is 9. The van der Waals surface area contributed by atoms with Gasteiger partial charge in [0.25, 0.3) is 0 Å². The number of unbranched alkanes of at least 4 members (excludes halogenated alkanes) is 3. The van der Waals surface area contributed by atoms with Crippen LogP contribution in [-0.2, 0) is 16.1 Å². The van der Waals surface area contributed by atoms with Gasteiger partial charge >= 0.3 is 0 Å². The van der Waals surface area contributed by atoms with Crippen molar-refractivity contribution in [2.45, 2.75) is 38.7 Å². The van der Waals surface area contributed by atoms with E-state index in [1.807, 2.05) is 24.3 Å². The molecule has 1 aromatic rings. The lowest BCUT2D eigenvalue weighted by atomic mass is 10.1. The smallest absolute Gasteiger partial charge is 0.224 e. The highest BCUT2D eigenvalue weighted by atomic mass is 16.5. The number of hydrogen-bond donors (Lipinski definition) is 2. The minimum Gasteiger partial charge on any atom is -0.380 e. The topological polar surface area (TPSA) is 64.3 Å². The molecule has 0 radical (unpaired) electrons. The molecule has 3 N–H and O–H groups in total. The summed E-state index contributed by atoms with van der Waals surface area (Å²) in [5.74, 6) is 0.0660. The van der Waals surface area contributed by atoms with Crippen molar-refractivity contribution in [3.05, 3.63) is 29.8 Å². The number of carbonyl (C=O) groups excluding carboxylic acids is 1. The van der Waals surface area contributed by atoms with Gasteiger partial charge < -0.3 is 15.8 Å². The minimum atomic E-state index is 0.0660. The van der Waals surface area contributed by atoms with Crippen molar-refractivity contribution in [2.75, 3.05) is 19.0 Å². The Morgan fingerprint density at radius 1 is 1.21 bits per heavy atom. The SMILES string of the molecule is COCc1ccccc1NC(=O)CCCCCCN. The van der Waals surface area contributed by atoms with Gasteiger partial charge in [0, 0.05) is 24.8 Å². The van der Waals surface area contributed by atoms with Crippen LogP contribution in [0.25, 0.3) is 0 Å². The fourth-order valence-electron chi connectivity index (χ4n) is 1.92. The van der Waals surface area contributed by atoms with E-state index in [1.165, 1.54) is 0 Å². The number of anilines is 1. The number of nitrogens with two attached hydrogens (primary N) is 1. The lowest BCUT2D eigenvalue weighted by molar-refractivity contribution is -0.116. The van der Waals surface area contributed by atoms with Gasteiger partial charge in [0.2, 0.25) is 5.91 Å². The van der Waals surface area contributed by atoms with E-state index in [2.05, 4.69) is 5.32 Å². The van der Waals surface area contributed by atoms with Crippen molar-refractivity contribution < 1.29 is 9.53 Å². The van der Waals surface area contributed by atoms with Crippen LogP contribution in [0, 0.1) is 0 Å². The molecule has 19 heavy (non-hydrogen) atoms. The highest BCUT2D eigenvalue weighted by molar-refractivity contribution is 5.91. The molecule has 106 valence electrons. The Bertz CT molecular complexity index is 380. The van der Waals surface area contributed by atoms with E-state index in [4.69, 9.17) is 10.5 Å². The van der Waals surface area contributed by atoms with Crippen LogP contribution in [0.5, 0.6) is 0 Å². The zero-order valence-corrected chi connectivity index (χ0v) is 11.7. The van der Waals surface area contributed by atoms with Gasteiger partial charge in [-0.1, -0.05) is 31.0 Å². The molecule has 0 spiro atoms. The Morgan fingerprint density at radius 2 is 1.95 bits per heavy atom. The Kier molecular flexibility index (Phi) is 7.86. The first-order valence-corrected chi connectivity index (χ1v) is 6.84. The molecule has 0 unspecified atom stereocenters. The van der Waals surface area contributed by atoms with Crippen LogP contribution in [0.15, 0.2) is 24.3 Å². The maximum absolute atomic E-state index is 11.8. The molecular formula is C15H24N2O2. The van der Waals surface area contributed by atoms with E-state index < -0.39 is 0 Å². The molecule has 0 atom stereocenters. The molecule has 4 nitrogen and oxygen atoms in total. The molecule has 0 aliphatic carbocycles. The van der Waals surface area contributed by atoms with E-state index in [0.29, 0.717) is 13.0 Å². The van der Waals surface area contributed by atoms with Gasteiger partial charge in [-0.25, -0.2) is 0 Å². The van der Waals surface area contributed by atoms with Crippen LogP contribution in [0.2, 0.25) is 0 Å². The van der Waals surface area contributed by atoms with Gasteiger partial charge in [-0.3, -0.25) is 4.79 Å². The van der Waals surface area contributed by atoms with E-state index >= 15 is 0 Å². The lowest BCUT2D eigenvalue weighted by Crippen LogP contribution is -2.12. The standard InChI is InChI=1S/C15H24N2O2/c1-19-12-13-8-5-6-9-14(13)17-15(18)10-4-2-3-7-11-16/h5-6,8-9H,2-4,7,10-12,16H2,1H3,(H,17,18). The van der Waals surface area contributed by atoms with Gasteiger partial charge in [-0.15, -0.1) is 0 Å². The molecule has 4 heteroatoms. The number of benzene rings is 1. The number of para-hydroxylation sites is 1. The largest absolute Gasteiger partial charge is 0.380 e. The summed E-state index contributed by atoms with van der Waals surface area (Å²) >= 11 is 0. The Morgan fingerprint density at radius 3 is 2.68 bits per heavy atom. The third-order valence-corrected chi connectivity index (χ3v) is 2.95. The second kappa shape index (κ2) is 9.53. The highest BCUT2D eigenvalue weighted by Crippen LogP contribution is 2.16. The first-order chi connectivity index (χ1) is 9.27. The Labute approximate surface area is 115 Å². The summed E-state index contributed by atoms with van der Waals surface area (Å²) in [4.78, 5) is 11.8. The van der Waals surface area contributed by atoms with Crippen molar-refractivity contribution in [2.24, 2.45) is 5.73 Å². The minimum absolute atomic E-state index is 0.0660. The van der Waals surface area contributed by atoms with E-state index in [-0.39, 0.29) is 5.91 Å². The second-order valence-electron chi connectivity index (χ2n) is 4.59. The summed E-state index contributed by atoms with van der Waals surface area (Å²) in [6.07, 6.45) is 4.68. The van der Waals surface area contributed by atoms with Gasteiger partial charge in [-0.2, -0.15) is 0 Å². The van der Waals surface area contributed by atoms with Crippen molar-refractivity contribution in [1.82, 2.24) is 0 Å². The molecule has 1 aromatic carbocycles. The number of hydrogen-bond acceptors (Lipinski definition) is 3. The summed E-state index contributed by atoms with van der Waals surface area (Å²) in [5.41, 5.74) is 7.27. The summed E-state index contributed by atoms with van der Waals surface area (Å²) in [6.45, 7) is 1.24. The number of nitrogens with one attached hydrogen (secondary N) is 1. The highest BCUT2D eigenvalue weighted by Gasteiger charge is 2.06. The Hall–Kier alpha value is -1.39. The molecule has 0 saturated heterocycles. The van der Waals surface area contributed by atoms with Gasteiger partial charge in [0.05, 0.1) is 6.61 Å². The van der Waals surface area contributed by atoms with Crippen LogP contribution in [0.3, 0.4) is 0 Å². The van der Waals surface area contributed by atoms with Gasteiger partial charge in [-0.05, 0) is 25.5 Å². The molecule has 1 rings (SSSR count). The summed E-state index contributed by atoms with van der Waals surface area (Å²) in [5, 5.41) is 2.94. The summed E-state index contributed by atoms with van der Waals surface area (Å²) < 4.78 is 5.11. The average molecular weight is 264 g/mol. The molecule has 0 saturated carbocycles. The fraction of sp³-hybridized carbons (Fsp3) is 0.533. The van der Waals surface area contributed by atoms with Gasteiger partial charge in [0.1, 0.15) is 0 Å². The number of methoxy groups -OCH3 is 1. The van der Waals surface area contributed by atoms with Crippen LogP contribution < -0.4 is 11.1 Å². The lowest BCUT2D eigenvalue weighted by Gasteiger charge is -2.10. The quantitative estimate of drug-likeness (QED) is 0.674. The summed E-state index contributed by atoms with van der Waals surface area (Å²) in [7, 11) is 1.65. The normalized spacial score (nSPS) is 10.4. The molecule has 0 aliphatic heterocycles. The fourth-order valence-corrected chi connectivity index (χ4v) is 1.92. The molecule has 0 aliphatic rings. The van der Waals surface area contributed by atoms with Crippen LogP contribution in [0.1, 0.15) is 37.7 Å². The monoisotopic (exact) mass is 264 g/mol. The predicted octanol–water partition coefficient (Wildman–Crippen LogP) is 2.68. The van der Waals surface area contributed by atoms with E-state index in [1.54, 1.807) is 7.11 Å². The average Bonchev–Trinajstić information content (AvgIpc) is 2.41. The maximum Gasteiger partial charge on any atom is 0.224 e. The van der Waals surface area contributed by atoms with Crippen molar-refractivity contribution >= 4 is 11.6 Å². The number of carbonyl (C=O) groups is 1. The molecule has 0 bridgehead atoms. The van der Waals surface area contributed by atoms with Crippen LogP contribution >= 0.6 is 0 Å². The summed E-state index contributed by atoms with van der Waals surface area (Å²) in [6, 6.07) is 7.72. The maximum atomic E-state index is 11.8. The zero-order chi connectivity index (χ0) is 13.9. The van der Waals surface area contributed by atoms with Crippen molar-refractivity contribution in [3.8, 4) is 0 Å². The first-order valence-electron chi connectivity index (χ1n) is 6.84. The first kappa shape index (κ1) is 15.7. The molecule has 0 heterocycles. The van der Waals surface area contributed by atoms with Crippen LogP contribution in [0.4, 0.5) is 5.69 Å². The van der Waals surface area contributed by atoms with Crippen molar-refractivity contribution in [1.29, 1.82) is 0 Å². The number of amides is 1. The number of ether oxygens (including phenoxy) is 1.